The molecule has 2 N–H and O–H groups in total. The molecule has 0 aliphatic heterocycles. The third-order valence-electron chi connectivity index (χ3n) is 4.30. The summed E-state index contributed by atoms with van der Waals surface area (Å²) in [5.41, 5.74) is 2.15. The minimum atomic E-state index is -0.464. The monoisotopic (exact) mass is 396 g/mol. The van der Waals surface area contributed by atoms with E-state index in [0.717, 1.165) is 5.56 Å². The number of methoxy groups -OCH3 is 3. The van der Waals surface area contributed by atoms with Gasteiger partial charge in [0.15, 0.2) is 11.5 Å². The van der Waals surface area contributed by atoms with E-state index in [0.29, 0.717) is 41.3 Å². The van der Waals surface area contributed by atoms with Crippen molar-refractivity contribution in [3.05, 3.63) is 58.7 Å². The van der Waals surface area contributed by atoms with E-state index in [4.69, 9.17) is 14.2 Å². The highest BCUT2D eigenvalue weighted by molar-refractivity contribution is 6.01. The van der Waals surface area contributed by atoms with Gasteiger partial charge in [0.2, 0.25) is 0 Å². The fourth-order valence-electron chi connectivity index (χ4n) is 2.78. The van der Waals surface area contributed by atoms with E-state index in [1.807, 2.05) is 18.2 Å². The number of carbonyl (C=O) groups is 1. The third-order valence-corrected chi connectivity index (χ3v) is 4.30. The van der Waals surface area contributed by atoms with Crippen molar-refractivity contribution in [2.75, 3.05) is 27.9 Å². The number of aliphatic hydroxyl groups is 1. The summed E-state index contributed by atoms with van der Waals surface area (Å²) in [7, 11) is 4.64. The predicted octanol–water partition coefficient (Wildman–Crippen LogP) is 2.47. The maximum absolute atomic E-state index is 12.3. The largest absolute Gasteiger partial charge is 0.496 e. The highest BCUT2D eigenvalue weighted by atomic mass is 16.5. The molecular formula is C22H24N2O5. The van der Waals surface area contributed by atoms with E-state index in [2.05, 4.69) is 5.32 Å². The smallest absolute Gasteiger partial charge is 0.261 e. The molecule has 0 spiro atoms. The van der Waals surface area contributed by atoms with Gasteiger partial charge in [-0.05, 0) is 47.9 Å². The molecule has 152 valence electrons. The van der Waals surface area contributed by atoms with Crippen LogP contribution in [0.1, 0.15) is 16.7 Å². The van der Waals surface area contributed by atoms with Crippen molar-refractivity contribution in [1.29, 1.82) is 5.26 Å². The number of carbonyl (C=O) groups excluding carboxylic acids is 1. The fourth-order valence-corrected chi connectivity index (χ4v) is 2.78. The molecule has 0 saturated carbocycles. The van der Waals surface area contributed by atoms with Crippen molar-refractivity contribution in [1.82, 2.24) is 5.32 Å². The van der Waals surface area contributed by atoms with Gasteiger partial charge in [-0.3, -0.25) is 4.79 Å². The van der Waals surface area contributed by atoms with Crippen LogP contribution < -0.4 is 19.5 Å². The molecule has 0 fully saturated rings. The molecule has 7 nitrogen and oxygen atoms in total. The summed E-state index contributed by atoms with van der Waals surface area (Å²) in [6.07, 6.45) is 2.05. The Balaban J connectivity index is 2.03. The number of nitrogens with one attached hydrogen (secondary N) is 1. The van der Waals surface area contributed by atoms with Gasteiger partial charge in [-0.15, -0.1) is 0 Å². The van der Waals surface area contributed by atoms with Crippen LogP contribution in [-0.4, -0.2) is 38.9 Å². The summed E-state index contributed by atoms with van der Waals surface area (Å²) in [6, 6.07) is 12.5. The summed E-state index contributed by atoms with van der Waals surface area (Å²) < 4.78 is 15.6. The van der Waals surface area contributed by atoms with Gasteiger partial charge in [-0.25, -0.2) is 0 Å². The average molecular weight is 396 g/mol. The first-order valence-electron chi connectivity index (χ1n) is 8.95. The third kappa shape index (κ3) is 5.74. The van der Waals surface area contributed by atoms with Crippen LogP contribution >= 0.6 is 0 Å². The number of nitriles is 1. The molecule has 0 unspecified atom stereocenters. The van der Waals surface area contributed by atoms with Crippen LogP contribution in [0.5, 0.6) is 17.2 Å². The molecule has 2 aromatic carbocycles. The lowest BCUT2D eigenvalue weighted by atomic mass is 10.1. The molecule has 0 heterocycles. The molecule has 0 atom stereocenters. The zero-order valence-corrected chi connectivity index (χ0v) is 16.7. The Morgan fingerprint density at radius 3 is 2.38 bits per heavy atom. The predicted molar refractivity (Wildman–Crippen MR) is 109 cm³/mol. The summed E-state index contributed by atoms with van der Waals surface area (Å²) in [6.45, 7) is 0.155. The number of aliphatic hydroxyl groups excluding tert-OH is 1. The maximum Gasteiger partial charge on any atom is 0.261 e. The number of hydrogen-bond donors (Lipinski definition) is 2. The van der Waals surface area contributed by atoms with Crippen LogP contribution in [0, 0.1) is 11.3 Å². The number of amides is 1. The summed E-state index contributed by atoms with van der Waals surface area (Å²) in [5.74, 6) is 1.33. The first-order valence-corrected chi connectivity index (χ1v) is 8.95. The second-order valence-corrected chi connectivity index (χ2v) is 6.09. The van der Waals surface area contributed by atoms with Crippen molar-refractivity contribution >= 4 is 12.0 Å². The summed E-state index contributed by atoms with van der Waals surface area (Å²) in [5, 5.41) is 21.5. The highest BCUT2D eigenvalue weighted by Crippen LogP contribution is 2.27. The molecule has 29 heavy (non-hydrogen) atoms. The Bertz CT molecular complexity index is 931. The number of ether oxygens (including phenoxy) is 3. The zero-order valence-electron chi connectivity index (χ0n) is 16.7. The second-order valence-electron chi connectivity index (χ2n) is 6.09. The molecular weight excluding hydrogens is 372 g/mol. The molecule has 0 aromatic heterocycles. The van der Waals surface area contributed by atoms with Crippen LogP contribution in [0.4, 0.5) is 0 Å². The number of nitrogens with zero attached hydrogens (tertiary/aromatic N) is 1. The van der Waals surface area contributed by atoms with Crippen LogP contribution in [0.3, 0.4) is 0 Å². The molecule has 7 heteroatoms. The SMILES string of the molecule is COc1ccc(/C=C(\C#N)C(=O)NCCc2ccc(OC)c(OC)c2)cc1CO. The van der Waals surface area contributed by atoms with Crippen molar-refractivity contribution in [2.45, 2.75) is 13.0 Å². The maximum atomic E-state index is 12.3. The molecule has 1 amide bonds. The van der Waals surface area contributed by atoms with Gasteiger partial charge in [0.05, 0.1) is 27.9 Å². The van der Waals surface area contributed by atoms with Gasteiger partial charge in [-0.1, -0.05) is 12.1 Å². The van der Waals surface area contributed by atoms with Crippen molar-refractivity contribution in [3.63, 3.8) is 0 Å². The van der Waals surface area contributed by atoms with E-state index >= 15 is 0 Å². The normalized spacial score (nSPS) is 10.8. The van der Waals surface area contributed by atoms with Crippen LogP contribution in [0.15, 0.2) is 42.0 Å². The lowest BCUT2D eigenvalue weighted by Crippen LogP contribution is -2.26. The average Bonchev–Trinajstić information content (AvgIpc) is 2.76. The van der Waals surface area contributed by atoms with Gasteiger partial charge < -0.3 is 24.6 Å². The minimum absolute atomic E-state index is 0.0219. The number of rotatable bonds is 9. The van der Waals surface area contributed by atoms with Crippen LogP contribution in [0.25, 0.3) is 6.08 Å². The fraction of sp³-hybridized carbons (Fsp3) is 0.273. The Hall–Kier alpha value is -3.50. The van der Waals surface area contributed by atoms with Crippen LogP contribution in [-0.2, 0) is 17.8 Å². The van der Waals surface area contributed by atoms with E-state index in [9.17, 15) is 15.2 Å². The molecule has 0 saturated heterocycles. The number of benzene rings is 2. The Labute approximate surface area is 170 Å². The van der Waals surface area contributed by atoms with E-state index in [-0.39, 0.29) is 12.2 Å². The van der Waals surface area contributed by atoms with Gasteiger partial charge in [-0.2, -0.15) is 5.26 Å². The standard InChI is InChI=1S/C22H24N2O5/c1-27-19-6-5-16(11-18(19)14-25)10-17(13-23)22(26)24-9-8-15-4-7-20(28-2)21(12-15)29-3/h4-7,10-12,25H,8-9,14H2,1-3H3,(H,24,26)/b17-10+. The van der Waals surface area contributed by atoms with E-state index in [1.54, 1.807) is 38.5 Å². The number of hydrogen-bond acceptors (Lipinski definition) is 6. The Morgan fingerprint density at radius 2 is 1.76 bits per heavy atom. The molecule has 0 aliphatic carbocycles. The molecule has 0 bridgehead atoms. The summed E-state index contributed by atoms with van der Waals surface area (Å²) in [4.78, 5) is 12.3. The van der Waals surface area contributed by atoms with Gasteiger partial charge >= 0.3 is 0 Å². The minimum Gasteiger partial charge on any atom is -0.496 e. The van der Waals surface area contributed by atoms with Gasteiger partial charge in [0.1, 0.15) is 17.4 Å². The zero-order chi connectivity index (χ0) is 21.2. The second kappa shape index (κ2) is 10.7. The first-order chi connectivity index (χ1) is 14.1. The molecule has 2 rings (SSSR count). The topological polar surface area (TPSA) is 101 Å². The van der Waals surface area contributed by atoms with Crippen molar-refractivity contribution in [3.8, 4) is 23.3 Å². The van der Waals surface area contributed by atoms with Crippen LogP contribution in [0.2, 0.25) is 0 Å². The Kier molecular flexibility index (Phi) is 8.07. The molecule has 0 radical (unpaired) electrons. The lowest BCUT2D eigenvalue weighted by Gasteiger charge is -2.10. The first kappa shape index (κ1) is 21.8. The van der Waals surface area contributed by atoms with E-state index in [1.165, 1.54) is 13.2 Å². The quantitative estimate of drug-likeness (QED) is 0.499. The van der Waals surface area contributed by atoms with Gasteiger partial charge in [0.25, 0.3) is 5.91 Å². The Morgan fingerprint density at radius 1 is 1.07 bits per heavy atom. The lowest BCUT2D eigenvalue weighted by molar-refractivity contribution is -0.117. The summed E-state index contributed by atoms with van der Waals surface area (Å²) >= 11 is 0. The molecule has 0 aliphatic rings. The van der Waals surface area contributed by atoms with Crippen molar-refractivity contribution in [2.24, 2.45) is 0 Å². The van der Waals surface area contributed by atoms with E-state index < -0.39 is 5.91 Å². The highest BCUT2D eigenvalue weighted by Gasteiger charge is 2.10. The van der Waals surface area contributed by atoms with Crippen molar-refractivity contribution < 1.29 is 24.1 Å². The molecule has 2 aromatic rings. The van der Waals surface area contributed by atoms with Gasteiger partial charge in [0, 0.05) is 12.1 Å².